The monoisotopic (exact) mass is 325 g/mol. The Morgan fingerprint density at radius 2 is 2.04 bits per heavy atom. The van der Waals surface area contributed by atoms with E-state index in [1.165, 1.54) is 0 Å². The van der Waals surface area contributed by atoms with Crippen molar-refractivity contribution in [2.24, 2.45) is 0 Å². The van der Waals surface area contributed by atoms with Gasteiger partial charge in [0.15, 0.2) is 0 Å². The van der Waals surface area contributed by atoms with Gasteiger partial charge in [0.25, 0.3) is 0 Å². The zero-order valence-electron chi connectivity index (χ0n) is 14.6. The van der Waals surface area contributed by atoms with Crippen molar-refractivity contribution in [1.82, 2.24) is 24.6 Å². The molecule has 3 rings (SSSR count). The molecule has 3 aromatic rings. The molecule has 6 heteroatoms. The van der Waals surface area contributed by atoms with Gasteiger partial charge in [-0.25, -0.2) is 4.98 Å². The minimum absolute atomic E-state index is 0.104. The number of benzene rings is 1. The minimum Gasteiger partial charge on any atom is -0.344 e. The number of aryl methyl sites for hydroxylation is 3. The largest absolute Gasteiger partial charge is 0.344 e. The molecule has 2 aromatic heterocycles. The van der Waals surface area contributed by atoms with Crippen LogP contribution in [0.25, 0.3) is 11.0 Å². The molecule has 0 radical (unpaired) electrons. The number of hydrogen-bond donors (Lipinski definition) is 1. The standard InChI is InChI=1S/C18H23N5O/c1-12-9-13(2)23(21-12)8-7-22(4)18(24)11-15-5-6-16-17(10-15)20-14(3)19-16/h5-6,9-10H,7-8,11H2,1-4H3,(H,19,20). The van der Waals surface area contributed by atoms with Crippen LogP contribution in [0.3, 0.4) is 0 Å². The third kappa shape index (κ3) is 3.48. The Bertz CT molecular complexity index is 877. The van der Waals surface area contributed by atoms with Crippen LogP contribution in [0, 0.1) is 20.8 Å². The number of aromatic amines is 1. The zero-order valence-corrected chi connectivity index (χ0v) is 14.6. The molecule has 2 heterocycles. The van der Waals surface area contributed by atoms with Crippen molar-refractivity contribution >= 4 is 16.9 Å². The first-order valence-electron chi connectivity index (χ1n) is 8.12. The van der Waals surface area contributed by atoms with Crippen LogP contribution >= 0.6 is 0 Å². The van der Waals surface area contributed by atoms with Crippen LogP contribution in [-0.2, 0) is 17.8 Å². The van der Waals surface area contributed by atoms with Crippen LogP contribution in [-0.4, -0.2) is 44.1 Å². The lowest BCUT2D eigenvalue weighted by molar-refractivity contribution is -0.129. The smallest absolute Gasteiger partial charge is 0.226 e. The summed E-state index contributed by atoms with van der Waals surface area (Å²) in [5.41, 5.74) is 5.02. The summed E-state index contributed by atoms with van der Waals surface area (Å²) in [6.07, 6.45) is 0.391. The van der Waals surface area contributed by atoms with Crippen molar-refractivity contribution < 1.29 is 4.79 Å². The number of fused-ring (bicyclic) bond motifs is 1. The van der Waals surface area contributed by atoms with Gasteiger partial charge in [-0.05, 0) is 44.5 Å². The van der Waals surface area contributed by atoms with Gasteiger partial charge in [-0.15, -0.1) is 0 Å². The second-order valence-corrected chi connectivity index (χ2v) is 6.32. The summed E-state index contributed by atoms with van der Waals surface area (Å²) in [5.74, 6) is 0.989. The number of carbonyl (C=O) groups excluding carboxylic acids is 1. The van der Waals surface area contributed by atoms with Gasteiger partial charge >= 0.3 is 0 Å². The maximum atomic E-state index is 12.4. The summed E-state index contributed by atoms with van der Waals surface area (Å²) >= 11 is 0. The van der Waals surface area contributed by atoms with E-state index in [9.17, 15) is 4.79 Å². The molecule has 1 aromatic carbocycles. The van der Waals surface area contributed by atoms with Crippen molar-refractivity contribution in [1.29, 1.82) is 0 Å². The van der Waals surface area contributed by atoms with Gasteiger partial charge in [-0.1, -0.05) is 6.07 Å². The van der Waals surface area contributed by atoms with E-state index >= 15 is 0 Å². The highest BCUT2D eigenvalue weighted by Gasteiger charge is 2.11. The number of nitrogens with one attached hydrogen (secondary N) is 1. The maximum Gasteiger partial charge on any atom is 0.226 e. The fourth-order valence-electron chi connectivity index (χ4n) is 2.87. The van der Waals surface area contributed by atoms with Gasteiger partial charge < -0.3 is 9.88 Å². The Balaban J connectivity index is 1.61. The van der Waals surface area contributed by atoms with Gasteiger partial charge in [-0.2, -0.15) is 5.10 Å². The predicted octanol–water partition coefficient (Wildman–Crippen LogP) is 2.39. The molecular formula is C18H23N5O. The van der Waals surface area contributed by atoms with Crippen LogP contribution in [0.1, 0.15) is 22.8 Å². The van der Waals surface area contributed by atoms with E-state index in [1.54, 1.807) is 4.90 Å². The fourth-order valence-corrected chi connectivity index (χ4v) is 2.87. The summed E-state index contributed by atoms with van der Waals surface area (Å²) in [6, 6.07) is 7.97. The van der Waals surface area contributed by atoms with Crippen LogP contribution in [0.2, 0.25) is 0 Å². The van der Waals surface area contributed by atoms with Crippen molar-refractivity contribution in [2.75, 3.05) is 13.6 Å². The molecular weight excluding hydrogens is 302 g/mol. The summed E-state index contributed by atoms with van der Waals surface area (Å²) in [6.45, 7) is 7.29. The molecule has 1 amide bonds. The quantitative estimate of drug-likeness (QED) is 0.783. The highest BCUT2D eigenvalue weighted by atomic mass is 16.2. The Labute approximate surface area is 141 Å². The number of likely N-dealkylation sites (N-methyl/N-ethyl adjacent to an activating group) is 1. The molecule has 0 aliphatic rings. The van der Waals surface area contributed by atoms with Crippen LogP contribution in [0.4, 0.5) is 0 Å². The Kier molecular flexibility index (Phi) is 4.38. The number of imidazole rings is 1. The van der Waals surface area contributed by atoms with Crippen LogP contribution in [0.5, 0.6) is 0 Å². The van der Waals surface area contributed by atoms with Crippen molar-refractivity contribution in [3.8, 4) is 0 Å². The normalized spacial score (nSPS) is 11.2. The Hall–Kier alpha value is -2.63. The molecule has 0 atom stereocenters. The van der Waals surface area contributed by atoms with E-state index < -0.39 is 0 Å². The van der Waals surface area contributed by atoms with Crippen molar-refractivity contribution in [2.45, 2.75) is 33.7 Å². The van der Waals surface area contributed by atoms with E-state index in [0.29, 0.717) is 19.5 Å². The molecule has 0 saturated heterocycles. The van der Waals surface area contributed by atoms with Gasteiger partial charge in [0.1, 0.15) is 5.82 Å². The molecule has 1 N–H and O–H groups in total. The lowest BCUT2D eigenvalue weighted by Crippen LogP contribution is -2.31. The molecule has 0 fully saturated rings. The molecule has 6 nitrogen and oxygen atoms in total. The van der Waals surface area contributed by atoms with E-state index in [2.05, 4.69) is 15.1 Å². The predicted molar refractivity (Wildman–Crippen MR) is 93.9 cm³/mol. The highest BCUT2D eigenvalue weighted by molar-refractivity contribution is 5.81. The first-order chi connectivity index (χ1) is 11.4. The maximum absolute atomic E-state index is 12.4. The molecule has 126 valence electrons. The second kappa shape index (κ2) is 6.47. The number of H-pyrrole nitrogens is 1. The number of hydrogen-bond acceptors (Lipinski definition) is 3. The topological polar surface area (TPSA) is 66.8 Å². The first-order valence-corrected chi connectivity index (χ1v) is 8.12. The molecule has 0 aliphatic carbocycles. The summed E-state index contributed by atoms with van der Waals surface area (Å²) < 4.78 is 1.94. The summed E-state index contributed by atoms with van der Waals surface area (Å²) in [4.78, 5) is 21.8. The molecule has 24 heavy (non-hydrogen) atoms. The average Bonchev–Trinajstić information content (AvgIpc) is 3.04. The lowest BCUT2D eigenvalue weighted by Gasteiger charge is -2.17. The van der Waals surface area contributed by atoms with E-state index in [4.69, 9.17) is 0 Å². The van der Waals surface area contributed by atoms with Gasteiger partial charge in [0.2, 0.25) is 5.91 Å². The number of amides is 1. The van der Waals surface area contributed by atoms with Crippen LogP contribution in [0.15, 0.2) is 24.3 Å². The minimum atomic E-state index is 0.104. The number of carbonyl (C=O) groups is 1. The Morgan fingerprint density at radius 1 is 1.25 bits per heavy atom. The second-order valence-electron chi connectivity index (χ2n) is 6.32. The van der Waals surface area contributed by atoms with Crippen LogP contribution < -0.4 is 0 Å². The summed E-state index contributed by atoms with van der Waals surface area (Å²) in [7, 11) is 1.84. The third-order valence-electron chi connectivity index (χ3n) is 4.20. The van der Waals surface area contributed by atoms with Gasteiger partial charge in [0, 0.05) is 19.3 Å². The van der Waals surface area contributed by atoms with Crippen molar-refractivity contribution in [3.05, 3.63) is 47.0 Å². The van der Waals surface area contributed by atoms with E-state index in [0.717, 1.165) is 33.8 Å². The average molecular weight is 325 g/mol. The first kappa shape index (κ1) is 16.2. The van der Waals surface area contributed by atoms with Gasteiger partial charge in [-0.3, -0.25) is 9.48 Å². The summed E-state index contributed by atoms with van der Waals surface area (Å²) in [5, 5.41) is 4.43. The zero-order chi connectivity index (χ0) is 17.3. The lowest BCUT2D eigenvalue weighted by atomic mass is 10.1. The van der Waals surface area contributed by atoms with Crippen molar-refractivity contribution in [3.63, 3.8) is 0 Å². The number of rotatable bonds is 5. The van der Waals surface area contributed by atoms with E-state index in [-0.39, 0.29) is 5.91 Å². The molecule has 0 unspecified atom stereocenters. The highest BCUT2D eigenvalue weighted by Crippen LogP contribution is 2.14. The Morgan fingerprint density at radius 3 is 2.75 bits per heavy atom. The molecule has 0 aliphatic heterocycles. The molecule has 0 saturated carbocycles. The van der Waals surface area contributed by atoms with E-state index in [1.807, 2.05) is 56.8 Å². The number of nitrogens with zero attached hydrogens (tertiary/aromatic N) is 4. The fraction of sp³-hybridized carbons (Fsp3) is 0.389. The number of aromatic nitrogens is 4. The molecule has 0 spiro atoms. The van der Waals surface area contributed by atoms with Gasteiger partial charge in [0.05, 0.1) is 29.7 Å². The SMILES string of the molecule is Cc1cc(C)n(CCN(C)C(=O)Cc2ccc3nc(C)[nH]c3c2)n1. The molecule has 0 bridgehead atoms. The third-order valence-corrected chi connectivity index (χ3v) is 4.20.